The maximum Gasteiger partial charge on any atom is 0.258 e. The smallest absolute Gasteiger partial charge is 0.258 e. The number of nitrogens with one attached hydrogen (secondary N) is 3. The Balaban J connectivity index is 1.50. The summed E-state index contributed by atoms with van der Waals surface area (Å²) in [7, 11) is 1.62. The molecule has 43 heavy (non-hydrogen) atoms. The fraction of sp³-hybridized carbons (Fsp3) is 0.226. The number of aromatic nitrogens is 1. The molecule has 0 saturated carbocycles. The number of benzene rings is 3. The van der Waals surface area contributed by atoms with E-state index in [4.69, 9.17) is 0 Å². The van der Waals surface area contributed by atoms with E-state index < -0.39 is 35.7 Å². The quantitative estimate of drug-likeness (QED) is 0.265. The van der Waals surface area contributed by atoms with Crippen molar-refractivity contribution in [2.75, 3.05) is 35.3 Å². The van der Waals surface area contributed by atoms with Crippen molar-refractivity contribution < 1.29 is 24.0 Å². The number of amides is 4. The van der Waals surface area contributed by atoms with Crippen molar-refractivity contribution in [2.45, 2.75) is 25.9 Å². The standard InChI is InChI=1S/C31H30N6O5S/c1-18(32-3)28(40)33-23-16-36(29(41)21-14-12-20(13-15-21)19(2)38)24-9-5-6-10-25(24)37(30(23)42)17-27(39)35-31-34-22-8-4-7-11-26(22)43-31/h4-15,18,23,32H,16-17H2,1-3H3,(H,33,40)(H,34,35,39)/t18?,23-/m0/s1. The topological polar surface area (TPSA) is 141 Å². The van der Waals surface area contributed by atoms with Crippen LogP contribution in [0.4, 0.5) is 16.5 Å². The molecule has 2 atom stereocenters. The van der Waals surface area contributed by atoms with Crippen LogP contribution in [-0.2, 0) is 14.4 Å². The number of anilines is 3. The lowest BCUT2D eigenvalue weighted by molar-refractivity contribution is -0.128. The number of hydrogen-bond donors (Lipinski definition) is 3. The molecule has 11 nitrogen and oxygen atoms in total. The summed E-state index contributed by atoms with van der Waals surface area (Å²) in [6.07, 6.45) is 0. The summed E-state index contributed by atoms with van der Waals surface area (Å²) in [5.74, 6) is -2.05. The van der Waals surface area contributed by atoms with E-state index in [-0.39, 0.29) is 18.9 Å². The summed E-state index contributed by atoms with van der Waals surface area (Å²) in [6.45, 7) is 2.53. The van der Waals surface area contributed by atoms with Gasteiger partial charge in [-0.25, -0.2) is 4.98 Å². The molecule has 4 aromatic rings. The van der Waals surface area contributed by atoms with Crippen LogP contribution >= 0.6 is 11.3 Å². The van der Waals surface area contributed by atoms with Crippen molar-refractivity contribution >= 4 is 67.5 Å². The zero-order valence-electron chi connectivity index (χ0n) is 23.8. The molecule has 220 valence electrons. The van der Waals surface area contributed by atoms with Crippen molar-refractivity contribution in [1.29, 1.82) is 0 Å². The van der Waals surface area contributed by atoms with Crippen LogP contribution in [-0.4, -0.2) is 66.6 Å². The van der Waals surface area contributed by atoms with E-state index in [0.29, 0.717) is 27.6 Å². The molecule has 3 aromatic carbocycles. The van der Waals surface area contributed by atoms with Gasteiger partial charge in [0.05, 0.1) is 34.2 Å². The van der Waals surface area contributed by atoms with Gasteiger partial charge in [0, 0.05) is 11.1 Å². The van der Waals surface area contributed by atoms with E-state index in [1.807, 2.05) is 24.3 Å². The van der Waals surface area contributed by atoms with Gasteiger partial charge in [0.1, 0.15) is 12.6 Å². The highest BCUT2D eigenvalue weighted by molar-refractivity contribution is 7.22. The average molecular weight is 599 g/mol. The van der Waals surface area contributed by atoms with E-state index in [2.05, 4.69) is 20.9 Å². The number of carbonyl (C=O) groups excluding carboxylic acids is 5. The number of carbonyl (C=O) groups is 5. The number of rotatable bonds is 8. The van der Waals surface area contributed by atoms with Gasteiger partial charge in [0.2, 0.25) is 11.8 Å². The molecular formula is C31H30N6O5S. The summed E-state index contributed by atoms with van der Waals surface area (Å²) in [6, 6.07) is 18.7. The molecule has 0 radical (unpaired) electrons. The second kappa shape index (κ2) is 12.5. The molecule has 1 unspecified atom stereocenters. The summed E-state index contributed by atoms with van der Waals surface area (Å²) in [5, 5.41) is 8.76. The van der Waals surface area contributed by atoms with Crippen molar-refractivity contribution in [3.63, 3.8) is 0 Å². The molecule has 5 rings (SSSR count). The molecule has 2 heterocycles. The van der Waals surface area contributed by atoms with Gasteiger partial charge < -0.3 is 20.9 Å². The van der Waals surface area contributed by atoms with Gasteiger partial charge in [-0.3, -0.25) is 28.9 Å². The highest BCUT2D eigenvalue weighted by Crippen LogP contribution is 2.34. The molecule has 0 aliphatic carbocycles. The average Bonchev–Trinajstić information content (AvgIpc) is 3.38. The Bertz CT molecular complexity index is 1690. The first-order valence-electron chi connectivity index (χ1n) is 13.6. The summed E-state index contributed by atoms with van der Waals surface area (Å²) in [5.41, 5.74) is 2.22. The number of thiazole rings is 1. The van der Waals surface area contributed by atoms with Crippen LogP contribution in [0.1, 0.15) is 34.6 Å². The third kappa shape index (κ3) is 6.30. The molecule has 1 aliphatic heterocycles. The molecule has 0 spiro atoms. The highest BCUT2D eigenvalue weighted by Gasteiger charge is 2.38. The molecule has 1 aromatic heterocycles. The first kappa shape index (κ1) is 29.5. The first-order valence-corrected chi connectivity index (χ1v) is 14.4. The van der Waals surface area contributed by atoms with E-state index in [9.17, 15) is 24.0 Å². The predicted molar refractivity (Wildman–Crippen MR) is 166 cm³/mol. The third-order valence-electron chi connectivity index (χ3n) is 7.16. The zero-order valence-corrected chi connectivity index (χ0v) is 24.6. The lowest BCUT2D eigenvalue weighted by atomic mass is 10.1. The minimum absolute atomic E-state index is 0.133. The lowest BCUT2D eigenvalue weighted by Gasteiger charge is -2.26. The monoisotopic (exact) mass is 598 g/mol. The number of fused-ring (bicyclic) bond motifs is 2. The van der Waals surface area contributed by atoms with E-state index in [1.165, 1.54) is 28.1 Å². The number of nitrogens with zero attached hydrogens (tertiary/aromatic N) is 3. The number of Topliss-reactive ketones (excluding diaryl/α,β-unsaturated/α-hetero) is 1. The Morgan fingerprint density at radius 2 is 1.60 bits per heavy atom. The third-order valence-corrected chi connectivity index (χ3v) is 8.11. The Kier molecular flexibility index (Phi) is 8.60. The van der Waals surface area contributed by atoms with Crippen molar-refractivity contribution in [3.8, 4) is 0 Å². The Morgan fingerprint density at radius 3 is 2.28 bits per heavy atom. The maximum absolute atomic E-state index is 14.0. The molecule has 4 amide bonds. The summed E-state index contributed by atoms with van der Waals surface area (Å²) >= 11 is 1.31. The van der Waals surface area contributed by atoms with E-state index in [1.54, 1.807) is 62.5 Å². The minimum Gasteiger partial charge on any atom is -0.341 e. The normalized spacial score (nSPS) is 15.4. The number of likely N-dealkylation sites (N-methyl/N-ethyl adjacent to an activating group) is 1. The van der Waals surface area contributed by atoms with Crippen LogP contribution in [0, 0.1) is 0 Å². The van der Waals surface area contributed by atoms with Gasteiger partial charge >= 0.3 is 0 Å². The first-order chi connectivity index (χ1) is 20.7. The van der Waals surface area contributed by atoms with Gasteiger partial charge in [-0.15, -0.1) is 0 Å². The number of para-hydroxylation sites is 3. The summed E-state index contributed by atoms with van der Waals surface area (Å²) in [4.78, 5) is 73.0. The zero-order chi connectivity index (χ0) is 30.7. The van der Waals surface area contributed by atoms with Crippen LogP contribution in [0.5, 0.6) is 0 Å². The number of ketones is 1. The predicted octanol–water partition coefficient (Wildman–Crippen LogP) is 3.22. The summed E-state index contributed by atoms with van der Waals surface area (Å²) < 4.78 is 0.904. The highest BCUT2D eigenvalue weighted by atomic mass is 32.1. The van der Waals surface area contributed by atoms with Gasteiger partial charge in [0.15, 0.2) is 10.9 Å². The van der Waals surface area contributed by atoms with Gasteiger partial charge in [-0.1, -0.05) is 47.7 Å². The fourth-order valence-corrected chi connectivity index (χ4v) is 5.59. The fourth-order valence-electron chi connectivity index (χ4n) is 4.71. The second-order valence-electron chi connectivity index (χ2n) is 10.1. The molecule has 0 fully saturated rings. The van der Waals surface area contributed by atoms with Gasteiger partial charge in [0.25, 0.3) is 11.8 Å². The van der Waals surface area contributed by atoms with Crippen molar-refractivity contribution in [1.82, 2.24) is 15.6 Å². The van der Waals surface area contributed by atoms with Crippen LogP contribution < -0.4 is 25.8 Å². The lowest BCUT2D eigenvalue weighted by Crippen LogP contribution is -2.56. The van der Waals surface area contributed by atoms with E-state index in [0.717, 1.165) is 10.2 Å². The molecule has 0 bridgehead atoms. The Morgan fingerprint density at radius 1 is 0.953 bits per heavy atom. The molecule has 1 aliphatic rings. The molecular weight excluding hydrogens is 568 g/mol. The SMILES string of the molecule is CNC(C)C(=O)N[C@H]1CN(C(=O)c2ccc(C(C)=O)cc2)c2ccccc2N(CC(=O)Nc2nc3ccccc3s2)C1=O. The van der Waals surface area contributed by atoms with Crippen LogP contribution in [0.2, 0.25) is 0 Å². The molecule has 3 N–H and O–H groups in total. The van der Waals surface area contributed by atoms with Gasteiger partial charge in [-0.05, 0) is 57.3 Å². The van der Waals surface area contributed by atoms with Crippen LogP contribution in [0.25, 0.3) is 10.2 Å². The van der Waals surface area contributed by atoms with Crippen molar-refractivity contribution in [3.05, 3.63) is 83.9 Å². The van der Waals surface area contributed by atoms with E-state index >= 15 is 0 Å². The minimum atomic E-state index is -1.16. The maximum atomic E-state index is 14.0. The number of hydrogen-bond acceptors (Lipinski definition) is 8. The Hall–Kier alpha value is -4.94. The second-order valence-corrected chi connectivity index (χ2v) is 11.1. The Labute approximate surface area is 251 Å². The molecule has 0 saturated heterocycles. The van der Waals surface area contributed by atoms with Crippen LogP contribution in [0.3, 0.4) is 0 Å². The molecule has 12 heteroatoms. The van der Waals surface area contributed by atoms with Crippen molar-refractivity contribution in [2.24, 2.45) is 0 Å². The van der Waals surface area contributed by atoms with Gasteiger partial charge in [-0.2, -0.15) is 0 Å². The van der Waals surface area contributed by atoms with Crippen LogP contribution in [0.15, 0.2) is 72.8 Å². The largest absolute Gasteiger partial charge is 0.341 e.